The minimum absolute atomic E-state index is 0.0297. The van der Waals surface area contributed by atoms with Crippen LogP contribution >= 0.6 is 0 Å². The second-order valence-electron chi connectivity index (χ2n) is 4.10. The molecule has 0 amide bonds. The van der Waals surface area contributed by atoms with Crippen LogP contribution in [0.3, 0.4) is 0 Å². The van der Waals surface area contributed by atoms with Crippen LogP contribution in [-0.4, -0.2) is 29.7 Å². The van der Waals surface area contributed by atoms with Crippen molar-refractivity contribution in [3.05, 3.63) is 48.0 Å². The van der Waals surface area contributed by atoms with Crippen LogP contribution in [0.4, 0.5) is 0 Å². The van der Waals surface area contributed by atoms with Crippen LogP contribution in [0.5, 0.6) is 23.0 Å². The summed E-state index contributed by atoms with van der Waals surface area (Å²) in [5.74, 6) is 0.420. The number of hydrogen-bond donors (Lipinski definition) is 2. The van der Waals surface area contributed by atoms with Gasteiger partial charge in [0.05, 0.1) is 7.11 Å². The SMILES string of the molecule is COc1cc(C(=O)COc2cccc(O)c2)ccc1O. The molecule has 0 spiro atoms. The van der Waals surface area contributed by atoms with E-state index in [1.165, 1.54) is 37.4 Å². The van der Waals surface area contributed by atoms with Crippen molar-refractivity contribution in [3.8, 4) is 23.0 Å². The first-order chi connectivity index (χ1) is 9.60. The van der Waals surface area contributed by atoms with Crippen molar-refractivity contribution in [2.45, 2.75) is 0 Å². The quantitative estimate of drug-likeness (QED) is 0.819. The molecule has 2 N–H and O–H groups in total. The number of rotatable bonds is 5. The van der Waals surface area contributed by atoms with E-state index in [0.717, 1.165) is 0 Å². The molecule has 0 radical (unpaired) electrons. The molecule has 0 saturated heterocycles. The molecule has 5 heteroatoms. The van der Waals surface area contributed by atoms with Crippen LogP contribution in [0.2, 0.25) is 0 Å². The van der Waals surface area contributed by atoms with Crippen molar-refractivity contribution in [2.24, 2.45) is 0 Å². The highest BCUT2D eigenvalue weighted by molar-refractivity contribution is 5.97. The molecule has 0 heterocycles. The Morgan fingerprint density at radius 3 is 2.65 bits per heavy atom. The molecule has 0 saturated carbocycles. The normalized spacial score (nSPS) is 10.1. The van der Waals surface area contributed by atoms with Gasteiger partial charge in [-0.25, -0.2) is 0 Å². The average molecular weight is 274 g/mol. The number of ketones is 1. The summed E-state index contributed by atoms with van der Waals surface area (Å²) in [6.07, 6.45) is 0. The largest absolute Gasteiger partial charge is 0.508 e. The molecule has 104 valence electrons. The lowest BCUT2D eigenvalue weighted by molar-refractivity contribution is 0.0921. The molecular formula is C15H14O5. The van der Waals surface area contributed by atoms with E-state index in [0.29, 0.717) is 11.3 Å². The van der Waals surface area contributed by atoms with Crippen LogP contribution in [0.15, 0.2) is 42.5 Å². The van der Waals surface area contributed by atoms with E-state index in [1.54, 1.807) is 12.1 Å². The van der Waals surface area contributed by atoms with Gasteiger partial charge in [0.2, 0.25) is 0 Å². The van der Waals surface area contributed by atoms with E-state index in [9.17, 15) is 15.0 Å². The Bertz CT molecular complexity index is 621. The van der Waals surface area contributed by atoms with Gasteiger partial charge in [-0.05, 0) is 30.3 Å². The average Bonchev–Trinajstić information content (AvgIpc) is 2.45. The van der Waals surface area contributed by atoms with E-state index in [-0.39, 0.29) is 29.6 Å². The third-order valence-corrected chi connectivity index (χ3v) is 2.69. The van der Waals surface area contributed by atoms with Gasteiger partial charge >= 0.3 is 0 Å². The van der Waals surface area contributed by atoms with Gasteiger partial charge in [0.15, 0.2) is 23.9 Å². The lowest BCUT2D eigenvalue weighted by Gasteiger charge is -2.08. The Kier molecular flexibility index (Phi) is 4.10. The molecule has 5 nitrogen and oxygen atoms in total. The number of hydrogen-bond acceptors (Lipinski definition) is 5. The molecule has 0 aliphatic carbocycles. The van der Waals surface area contributed by atoms with Crippen molar-refractivity contribution in [1.82, 2.24) is 0 Å². The van der Waals surface area contributed by atoms with Gasteiger partial charge in [-0.2, -0.15) is 0 Å². The molecule has 0 unspecified atom stereocenters. The maximum Gasteiger partial charge on any atom is 0.200 e. The first kappa shape index (κ1) is 13.7. The van der Waals surface area contributed by atoms with Crippen molar-refractivity contribution < 1.29 is 24.5 Å². The maximum atomic E-state index is 12.0. The Hall–Kier alpha value is -2.69. The first-order valence-electron chi connectivity index (χ1n) is 5.92. The molecule has 0 fully saturated rings. The van der Waals surface area contributed by atoms with Crippen LogP contribution in [0, 0.1) is 0 Å². The maximum absolute atomic E-state index is 12.0. The van der Waals surface area contributed by atoms with Gasteiger partial charge in [-0.15, -0.1) is 0 Å². The molecule has 0 aliphatic rings. The Balaban J connectivity index is 2.05. The van der Waals surface area contributed by atoms with E-state index >= 15 is 0 Å². The lowest BCUT2D eigenvalue weighted by Crippen LogP contribution is -2.11. The summed E-state index contributed by atoms with van der Waals surface area (Å²) in [5.41, 5.74) is 0.375. The number of ether oxygens (including phenoxy) is 2. The Morgan fingerprint density at radius 2 is 1.95 bits per heavy atom. The predicted molar refractivity (Wildman–Crippen MR) is 72.6 cm³/mol. The second-order valence-corrected chi connectivity index (χ2v) is 4.10. The smallest absolute Gasteiger partial charge is 0.200 e. The number of methoxy groups -OCH3 is 1. The highest BCUT2D eigenvalue weighted by Crippen LogP contribution is 2.26. The molecule has 0 atom stereocenters. The zero-order valence-corrected chi connectivity index (χ0v) is 10.9. The summed E-state index contributed by atoms with van der Waals surface area (Å²) >= 11 is 0. The predicted octanol–water partition coefficient (Wildman–Crippen LogP) is 2.37. The summed E-state index contributed by atoms with van der Waals surface area (Å²) in [4.78, 5) is 12.0. The zero-order chi connectivity index (χ0) is 14.5. The summed E-state index contributed by atoms with van der Waals surface area (Å²) in [7, 11) is 1.41. The van der Waals surface area contributed by atoms with Gasteiger partial charge < -0.3 is 19.7 Å². The van der Waals surface area contributed by atoms with E-state index in [1.807, 2.05) is 0 Å². The van der Waals surface area contributed by atoms with Crippen LogP contribution in [-0.2, 0) is 0 Å². The molecule has 2 aromatic rings. The number of Topliss-reactive ketones (excluding diaryl/α,β-unsaturated/α-hetero) is 1. The van der Waals surface area contributed by atoms with E-state index < -0.39 is 0 Å². The lowest BCUT2D eigenvalue weighted by atomic mass is 10.1. The number of carbonyl (C=O) groups excluding carboxylic acids is 1. The van der Waals surface area contributed by atoms with Crippen molar-refractivity contribution in [3.63, 3.8) is 0 Å². The summed E-state index contributed by atoms with van der Waals surface area (Å²) < 4.78 is 10.2. The van der Waals surface area contributed by atoms with Gasteiger partial charge in [0.25, 0.3) is 0 Å². The Labute approximate surface area is 116 Å². The zero-order valence-electron chi connectivity index (χ0n) is 10.9. The molecule has 2 aromatic carbocycles. The highest BCUT2D eigenvalue weighted by atomic mass is 16.5. The van der Waals surface area contributed by atoms with Gasteiger partial charge in [-0.3, -0.25) is 4.79 Å². The number of phenols is 2. The van der Waals surface area contributed by atoms with Crippen LogP contribution in [0.1, 0.15) is 10.4 Å². The van der Waals surface area contributed by atoms with Crippen molar-refractivity contribution in [2.75, 3.05) is 13.7 Å². The number of phenolic OH excluding ortho intramolecular Hbond substituents is 2. The fraction of sp³-hybridized carbons (Fsp3) is 0.133. The standard InChI is InChI=1S/C15H14O5/c1-19-15-7-10(5-6-13(15)17)14(18)9-20-12-4-2-3-11(16)8-12/h2-8,16-17H,9H2,1H3. The third kappa shape index (κ3) is 3.20. The van der Waals surface area contributed by atoms with Gasteiger partial charge in [-0.1, -0.05) is 6.07 Å². The monoisotopic (exact) mass is 274 g/mol. The minimum atomic E-state index is -0.258. The molecular weight excluding hydrogens is 260 g/mol. The number of benzene rings is 2. The second kappa shape index (κ2) is 5.97. The van der Waals surface area contributed by atoms with Crippen LogP contribution < -0.4 is 9.47 Å². The molecule has 0 bridgehead atoms. The summed E-state index contributed by atoms with van der Waals surface area (Å²) in [5, 5.41) is 18.7. The minimum Gasteiger partial charge on any atom is -0.508 e. The summed E-state index contributed by atoms with van der Waals surface area (Å²) in [6.45, 7) is -0.169. The van der Waals surface area contributed by atoms with Gasteiger partial charge in [0, 0.05) is 11.6 Å². The topological polar surface area (TPSA) is 76.0 Å². The van der Waals surface area contributed by atoms with Crippen molar-refractivity contribution in [1.29, 1.82) is 0 Å². The number of carbonyl (C=O) groups is 1. The molecule has 20 heavy (non-hydrogen) atoms. The van der Waals surface area contributed by atoms with E-state index in [2.05, 4.69) is 0 Å². The first-order valence-corrected chi connectivity index (χ1v) is 5.92. The fourth-order valence-electron chi connectivity index (χ4n) is 1.66. The number of aromatic hydroxyl groups is 2. The Morgan fingerprint density at radius 1 is 1.15 bits per heavy atom. The third-order valence-electron chi connectivity index (χ3n) is 2.69. The van der Waals surface area contributed by atoms with Crippen LogP contribution in [0.25, 0.3) is 0 Å². The highest BCUT2D eigenvalue weighted by Gasteiger charge is 2.10. The fourth-order valence-corrected chi connectivity index (χ4v) is 1.66. The molecule has 0 aromatic heterocycles. The molecule has 2 rings (SSSR count). The van der Waals surface area contributed by atoms with Gasteiger partial charge in [0.1, 0.15) is 11.5 Å². The molecule has 0 aliphatic heterocycles. The van der Waals surface area contributed by atoms with Crippen molar-refractivity contribution >= 4 is 5.78 Å². The van der Waals surface area contributed by atoms with E-state index in [4.69, 9.17) is 9.47 Å². The summed E-state index contributed by atoms with van der Waals surface area (Å²) in [6, 6.07) is 10.5.